The highest BCUT2D eigenvalue weighted by Gasteiger charge is 2.65. The number of hydrazone groups is 1. The number of esters is 1. The molecule has 2 fully saturated rings. The van der Waals surface area contributed by atoms with Gasteiger partial charge in [-0.2, -0.15) is 5.10 Å². The minimum absolute atomic E-state index is 0.252. The molecule has 3 heterocycles. The minimum Gasteiger partial charge on any atom is -0.427 e. The molecule has 4 atom stereocenters. The highest BCUT2D eigenvalue weighted by molar-refractivity contribution is 6.24. The average Bonchev–Trinajstić information content (AvgIpc) is 3.37. The van der Waals surface area contributed by atoms with Gasteiger partial charge in [0.25, 0.3) is 0 Å². The Balaban J connectivity index is 1.44. The number of anilines is 1. The van der Waals surface area contributed by atoms with Gasteiger partial charge in [-0.05, 0) is 35.4 Å². The van der Waals surface area contributed by atoms with E-state index in [1.54, 1.807) is 47.6 Å². The van der Waals surface area contributed by atoms with Crippen molar-refractivity contribution in [1.29, 1.82) is 0 Å². The van der Waals surface area contributed by atoms with Gasteiger partial charge in [0.05, 0.1) is 29.8 Å². The molecule has 3 aliphatic heterocycles. The molecule has 2 amide bonds. The van der Waals surface area contributed by atoms with Crippen LogP contribution in [0.5, 0.6) is 5.75 Å². The van der Waals surface area contributed by atoms with E-state index in [0.29, 0.717) is 17.0 Å². The van der Waals surface area contributed by atoms with E-state index >= 15 is 0 Å². The largest absolute Gasteiger partial charge is 0.427 e. The first kappa shape index (κ1) is 21.9. The van der Waals surface area contributed by atoms with Gasteiger partial charge in [0.15, 0.2) is 5.78 Å². The van der Waals surface area contributed by atoms with Crippen LogP contribution < -0.4 is 9.64 Å². The lowest BCUT2D eigenvalue weighted by atomic mass is 9.83. The van der Waals surface area contributed by atoms with Crippen LogP contribution in [0.4, 0.5) is 5.69 Å². The quantitative estimate of drug-likeness (QED) is 0.246. The summed E-state index contributed by atoms with van der Waals surface area (Å²) in [5, 5.41) is 6.21. The second-order valence-corrected chi connectivity index (χ2v) is 9.02. The molecule has 36 heavy (non-hydrogen) atoms. The van der Waals surface area contributed by atoms with Crippen LogP contribution >= 0.6 is 0 Å². The van der Waals surface area contributed by atoms with Gasteiger partial charge in [0, 0.05) is 12.5 Å². The number of carbonyl (C=O) groups excluding carboxylic acids is 4. The zero-order valence-electron chi connectivity index (χ0n) is 19.3. The Kier molecular flexibility index (Phi) is 5.03. The third-order valence-corrected chi connectivity index (χ3v) is 6.98. The molecule has 0 radical (unpaired) electrons. The lowest BCUT2D eigenvalue weighted by Crippen LogP contribution is -2.44. The predicted octanol–water partition coefficient (Wildman–Crippen LogP) is 3.37. The Hall–Kier alpha value is -4.59. The zero-order valence-corrected chi connectivity index (χ0v) is 19.3. The van der Waals surface area contributed by atoms with Crippen molar-refractivity contribution in [2.24, 2.45) is 16.9 Å². The number of imide groups is 1. The number of ether oxygens (including phenoxy) is 1. The van der Waals surface area contributed by atoms with E-state index in [4.69, 9.17) is 4.74 Å². The van der Waals surface area contributed by atoms with Crippen molar-refractivity contribution in [2.45, 2.75) is 19.0 Å². The summed E-state index contributed by atoms with van der Waals surface area (Å²) >= 11 is 0. The van der Waals surface area contributed by atoms with Crippen LogP contribution in [0.2, 0.25) is 0 Å². The second kappa shape index (κ2) is 8.27. The third-order valence-electron chi connectivity index (χ3n) is 6.98. The molecule has 0 N–H and O–H groups in total. The summed E-state index contributed by atoms with van der Waals surface area (Å²) in [6, 6.07) is 21.1. The molecule has 3 aromatic rings. The molecule has 1 unspecified atom stereocenters. The Morgan fingerprint density at radius 2 is 1.50 bits per heavy atom. The topological polar surface area (TPSA) is 96.3 Å². The molecule has 0 spiro atoms. The zero-order chi connectivity index (χ0) is 25.0. The number of benzene rings is 3. The van der Waals surface area contributed by atoms with Crippen LogP contribution in [-0.4, -0.2) is 40.8 Å². The minimum atomic E-state index is -0.922. The van der Waals surface area contributed by atoms with Crippen LogP contribution in [0.1, 0.15) is 34.5 Å². The summed E-state index contributed by atoms with van der Waals surface area (Å²) in [4.78, 5) is 53.9. The fraction of sp³-hybridized carbons (Fsp3) is 0.179. The number of ketones is 1. The van der Waals surface area contributed by atoms with Crippen LogP contribution in [0.15, 0.2) is 84.0 Å². The highest BCUT2D eigenvalue weighted by atomic mass is 16.5. The van der Waals surface area contributed by atoms with E-state index in [0.717, 1.165) is 16.0 Å². The number of carbonyl (C=O) groups is 4. The molecule has 2 saturated heterocycles. The molecule has 3 aromatic carbocycles. The second-order valence-electron chi connectivity index (χ2n) is 9.02. The molecular weight excluding hydrogens is 458 g/mol. The number of nitrogens with zero attached hydrogens (tertiary/aromatic N) is 3. The number of hydrogen-bond acceptors (Lipinski definition) is 7. The van der Waals surface area contributed by atoms with Gasteiger partial charge in [-0.1, -0.05) is 54.6 Å². The summed E-state index contributed by atoms with van der Waals surface area (Å²) in [7, 11) is 0. The number of amides is 2. The fourth-order valence-corrected chi connectivity index (χ4v) is 5.53. The Labute approximate surface area is 206 Å². The summed E-state index contributed by atoms with van der Waals surface area (Å²) in [6.07, 6.45) is 1.68. The van der Waals surface area contributed by atoms with Gasteiger partial charge >= 0.3 is 5.97 Å². The third kappa shape index (κ3) is 3.25. The van der Waals surface area contributed by atoms with Crippen molar-refractivity contribution >= 4 is 35.5 Å². The van der Waals surface area contributed by atoms with E-state index in [1.807, 2.05) is 30.3 Å². The molecule has 6 rings (SSSR count). The SMILES string of the molecule is CC(=O)Oc1ccc(N2C(=O)[C@H]3[C@@H](C2=O)C2c4ccccc4C=NN2[C@H]3C(=O)c2ccccc2)cc1. The lowest BCUT2D eigenvalue weighted by Gasteiger charge is -2.33. The van der Waals surface area contributed by atoms with Crippen molar-refractivity contribution in [2.75, 3.05) is 4.90 Å². The number of rotatable bonds is 4. The molecule has 0 aromatic heterocycles. The summed E-state index contributed by atoms with van der Waals surface area (Å²) in [6.45, 7) is 1.29. The van der Waals surface area contributed by atoms with E-state index in [-0.39, 0.29) is 11.7 Å². The molecule has 0 saturated carbocycles. The number of hydrogen-bond donors (Lipinski definition) is 0. The molecular formula is C28H21N3O5. The van der Waals surface area contributed by atoms with E-state index in [2.05, 4.69) is 5.10 Å². The number of Topliss-reactive ketones (excluding diaryl/α,β-unsaturated/α-hetero) is 1. The molecule has 8 heteroatoms. The van der Waals surface area contributed by atoms with E-state index in [1.165, 1.54) is 19.1 Å². The molecule has 178 valence electrons. The van der Waals surface area contributed by atoms with Crippen molar-refractivity contribution in [1.82, 2.24) is 5.01 Å². The van der Waals surface area contributed by atoms with Gasteiger partial charge in [0.2, 0.25) is 11.8 Å². The van der Waals surface area contributed by atoms with Gasteiger partial charge in [0.1, 0.15) is 11.8 Å². The summed E-state index contributed by atoms with van der Waals surface area (Å²) in [5.41, 5.74) is 2.54. The maximum Gasteiger partial charge on any atom is 0.308 e. The van der Waals surface area contributed by atoms with Crippen LogP contribution in [-0.2, 0) is 14.4 Å². The molecule has 0 aliphatic carbocycles. The van der Waals surface area contributed by atoms with E-state index in [9.17, 15) is 19.2 Å². The van der Waals surface area contributed by atoms with Crippen molar-refractivity contribution < 1.29 is 23.9 Å². The normalized spacial score (nSPS) is 23.8. The predicted molar refractivity (Wildman–Crippen MR) is 130 cm³/mol. The monoisotopic (exact) mass is 479 g/mol. The molecule has 8 nitrogen and oxygen atoms in total. The van der Waals surface area contributed by atoms with Crippen molar-refractivity contribution in [3.63, 3.8) is 0 Å². The molecule has 3 aliphatic rings. The standard InChI is InChI=1S/C28H21N3O5/c1-16(32)36-20-13-11-19(12-14-20)30-27(34)22-23(28(30)35)25(26(33)17-7-3-2-4-8-17)31-24(22)21-10-6-5-9-18(21)15-29-31/h2-15,22-25H,1H3/t22-,23+,24?,25-/m1/s1. The first-order chi connectivity index (χ1) is 17.5. The van der Waals surface area contributed by atoms with Gasteiger partial charge < -0.3 is 4.74 Å². The molecule has 0 bridgehead atoms. The van der Waals surface area contributed by atoms with Gasteiger partial charge in [-0.25, -0.2) is 4.90 Å². The lowest BCUT2D eigenvalue weighted by molar-refractivity contribution is -0.132. The van der Waals surface area contributed by atoms with Crippen molar-refractivity contribution in [3.05, 3.63) is 95.6 Å². The maximum atomic E-state index is 13.9. The fourth-order valence-electron chi connectivity index (χ4n) is 5.53. The average molecular weight is 479 g/mol. The van der Waals surface area contributed by atoms with Gasteiger partial charge in [-0.3, -0.25) is 24.2 Å². The summed E-state index contributed by atoms with van der Waals surface area (Å²) in [5.74, 6) is -2.91. The first-order valence-corrected chi connectivity index (χ1v) is 11.6. The van der Waals surface area contributed by atoms with Crippen molar-refractivity contribution in [3.8, 4) is 5.75 Å². The Morgan fingerprint density at radius 3 is 2.22 bits per heavy atom. The van der Waals surface area contributed by atoms with Crippen LogP contribution in [0.3, 0.4) is 0 Å². The van der Waals surface area contributed by atoms with E-state index < -0.39 is 35.8 Å². The smallest absolute Gasteiger partial charge is 0.308 e. The first-order valence-electron chi connectivity index (χ1n) is 11.6. The Morgan fingerprint density at radius 1 is 0.833 bits per heavy atom. The van der Waals surface area contributed by atoms with Gasteiger partial charge in [-0.15, -0.1) is 0 Å². The highest BCUT2D eigenvalue weighted by Crippen LogP contribution is 2.53. The number of fused-ring (bicyclic) bond motifs is 5. The maximum absolute atomic E-state index is 13.9. The van der Waals surface area contributed by atoms with Crippen LogP contribution in [0.25, 0.3) is 0 Å². The summed E-state index contributed by atoms with van der Waals surface area (Å²) < 4.78 is 5.07. The Bertz CT molecular complexity index is 1430. The van der Waals surface area contributed by atoms with Crippen LogP contribution in [0, 0.1) is 11.8 Å².